The summed E-state index contributed by atoms with van der Waals surface area (Å²) in [5.41, 5.74) is 2.37. The molecule has 0 unspecified atom stereocenters. The Kier molecular flexibility index (Phi) is 2.63. The van der Waals surface area contributed by atoms with Crippen LogP contribution in [0, 0.1) is 6.92 Å². The third kappa shape index (κ3) is 2.01. The molecule has 0 bridgehead atoms. The Morgan fingerprint density at radius 2 is 2.32 bits per heavy atom. The maximum atomic E-state index is 10.9. The molecule has 6 nitrogen and oxygen atoms in total. The molecule has 0 fully saturated rings. The lowest BCUT2D eigenvalue weighted by Gasteiger charge is -1.95. The molecule has 0 amide bonds. The highest BCUT2D eigenvalue weighted by Gasteiger charge is 2.17. The van der Waals surface area contributed by atoms with Crippen LogP contribution in [0.4, 0.5) is 0 Å². The first-order valence-corrected chi connectivity index (χ1v) is 6.55. The van der Waals surface area contributed by atoms with Crippen molar-refractivity contribution in [2.45, 2.75) is 13.3 Å². The standard InChI is InChI=1S/C12H12N4O2S/c1-7-9(5-10(17)18)16-12(13-7)19-11(14-16)8-3-4-15(2)6-8/h3-4,6H,5H2,1-2H3,(H,17,18). The van der Waals surface area contributed by atoms with Gasteiger partial charge in [0.15, 0.2) is 0 Å². The second kappa shape index (κ2) is 4.20. The second-order valence-electron chi connectivity index (χ2n) is 4.38. The summed E-state index contributed by atoms with van der Waals surface area (Å²) in [6.45, 7) is 1.81. The second-order valence-corrected chi connectivity index (χ2v) is 5.34. The van der Waals surface area contributed by atoms with E-state index in [1.165, 1.54) is 11.3 Å². The quantitative estimate of drug-likeness (QED) is 0.790. The number of nitrogens with zero attached hydrogens (tertiary/aromatic N) is 4. The number of hydrogen-bond donors (Lipinski definition) is 1. The number of fused-ring (bicyclic) bond motifs is 1. The van der Waals surface area contributed by atoms with E-state index in [2.05, 4.69) is 10.1 Å². The van der Waals surface area contributed by atoms with Gasteiger partial charge in [-0.1, -0.05) is 11.3 Å². The van der Waals surface area contributed by atoms with Crippen LogP contribution in [0.5, 0.6) is 0 Å². The maximum absolute atomic E-state index is 10.9. The summed E-state index contributed by atoms with van der Waals surface area (Å²) in [7, 11) is 1.95. The normalized spacial score (nSPS) is 11.3. The first kappa shape index (κ1) is 11.9. The number of carboxylic acids is 1. The van der Waals surface area contributed by atoms with E-state index in [1.54, 1.807) is 4.52 Å². The molecule has 3 aromatic rings. The Balaban J connectivity index is 2.11. The minimum absolute atomic E-state index is 0.0645. The highest BCUT2D eigenvalue weighted by Crippen LogP contribution is 2.27. The van der Waals surface area contributed by atoms with E-state index in [4.69, 9.17) is 5.11 Å². The van der Waals surface area contributed by atoms with E-state index < -0.39 is 5.97 Å². The molecule has 0 radical (unpaired) electrons. The molecule has 0 spiro atoms. The monoisotopic (exact) mass is 276 g/mol. The van der Waals surface area contributed by atoms with E-state index in [0.717, 1.165) is 21.2 Å². The zero-order valence-corrected chi connectivity index (χ0v) is 11.3. The van der Waals surface area contributed by atoms with Crippen LogP contribution < -0.4 is 0 Å². The average molecular weight is 276 g/mol. The fourth-order valence-electron chi connectivity index (χ4n) is 1.98. The first-order chi connectivity index (χ1) is 9.04. The largest absolute Gasteiger partial charge is 0.481 e. The summed E-state index contributed by atoms with van der Waals surface area (Å²) in [6.07, 6.45) is 3.86. The van der Waals surface area contributed by atoms with Crippen molar-refractivity contribution in [3.05, 3.63) is 29.8 Å². The number of aliphatic carboxylic acids is 1. The topological polar surface area (TPSA) is 72.4 Å². The Morgan fingerprint density at radius 1 is 1.53 bits per heavy atom. The molecular formula is C12H12N4O2S. The van der Waals surface area contributed by atoms with Gasteiger partial charge in [-0.2, -0.15) is 5.10 Å². The maximum Gasteiger partial charge on any atom is 0.309 e. The zero-order chi connectivity index (χ0) is 13.6. The predicted molar refractivity (Wildman–Crippen MR) is 71.3 cm³/mol. The van der Waals surface area contributed by atoms with Crippen molar-refractivity contribution in [2.24, 2.45) is 7.05 Å². The molecule has 0 aliphatic rings. The van der Waals surface area contributed by atoms with Crippen LogP contribution in [0.1, 0.15) is 11.4 Å². The van der Waals surface area contributed by atoms with Crippen LogP contribution in [0.3, 0.4) is 0 Å². The number of hydrogen-bond acceptors (Lipinski definition) is 4. The van der Waals surface area contributed by atoms with Crippen LogP contribution in [0.2, 0.25) is 0 Å². The first-order valence-electron chi connectivity index (χ1n) is 5.74. The predicted octanol–water partition coefficient (Wildman–Crippen LogP) is 1.73. The molecule has 98 valence electrons. The summed E-state index contributed by atoms with van der Waals surface area (Å²) in [4.78, 5) is 16.0. The van der Waals surface area contributed by atoms with Gasteiger partial charge in [0.2, 0.25) is 4.96 Å². The number of aryl methyl sites for hydroxylation is 2. The Bertz CT molecular complexity index is 768. The highest BCUT2D eigenvalue weighted by molar-refractivity contribution is 7.19. The molecule has 1 N–H and O–H groups in total. The van der Waals surface area contributed by atoms with Crippen LogP contribution in [0.25, 0.3) is 15.5 Å². The van der Waals surface area contributed by atoms with Crippen LogP contribution in [-0.4, -0.2) is 30.2 Å². The Morgan fingerprint density at radius 3 is 2.95 bits per heavy atom. The fraction of sp³-hybridized carbons (Fsp3) is 0.250. The summed E-state index contributed by atoms with van der Waals surface area (Å²) in [6, 6.07) is 1.97. The molecule has 0 aliphatic heterocycles. The molecule has 19 heavy (non-hydrogen) atoms. The van der Waals surface area contributed by atoms with Crippen LogP contribution in [0.15, 0.2) is 18.5 Å². The SMILES string of the molecule is Cc1nc2sc(-c3ccn(C)c3)nn2c1CC(=O)O. The lowest BCUT2D eigenvalue weighted by molar-refractivity contribution is -0.136. The van der Waals surface area contributed by atoms with Crippen molar-refractivity contribution in [2.75, 3.05) is 0 Å². The molecule has 7 heteroatoms. The number of carbonyl (C=O) groups is 1. The third-order valence-corrected chi connectivity index (χ3v) is 3.85. The molecular weight excluding hydrogens is 264 g/mol. The van der Waals surface area contributed by atoms with Gasteiger partial charge in [-0.15, -0.1) is 0 Å². The fourth-order valence-corrected chi connectivity index (χ4v) is 2.94. The van der Waals surface area contributed by atoms with Crippen molar-refractivity contribution < 1.29 is 9.90 Å². The minimum atomic E-state index is -0.876. The molecule has 3 heterocycles. The van der Waals surface area contributed by atoms with Gasteiger partial charge in [-0.25, -0.2) is 9.50 Å². The lowest BCUT2D eigenvalue weighted by Crippen LogP contribution is -2.05. The Hall–Kier alpha value is -2.15. The highest BCUT2D eigenvalue weighted by atomic mass is 32.1. The number of aromatic nitrogens is 4. The molecule has 0 aromatic carbocycles. The van der Waals surface area contributed by atoms with E-state index in [9.17, 15) is 4.79 Å². The smallest absolute Gasteiger partial charge is 0.309 e. The minimum Gasteiger partial charge on any atom is -0.481 e. The molecule has 0 aliphatic carbocycles. The van der Waals surface area contributed by atoms with Gasteiger partial charge in [0.25, 0.3) is 0 Å². The molecule has 3 aromatic heterocycles. The summed E-state index contributed by atoms with van der Waals surface area (Å²) < 4.78 is 3.58. The van der Waals surface area contributed by atoms with Crippen molar-refractivity contribution in [3.63, 3.8) is 0 Å². The third-order valence-electron chi connectivity index (χ3n) is 2.89. The van der Waals surface area contributed by atoms with Gasteiger partial charge >= 0.3 is 5.97 Å². The number of rotatable bonds is 3. The van der Waals surface area contributed by atoms with Crippen LogP contribution in [-0.2, 0) is 18.3 Å². The molecule has 3 rings (SSSR count). The zero-order valence-electron chi connectivity index (χ0n) is 10.5. The molecule has 0 saturated heterocycles. The lowest BCUT2D eigenvalue weighted by atomic mass is 10.3. The Labute approximate surface area is 112 Å². The molecule has 0 atom stereocenters. The number of carboxylic acid groups (broad SMARTS) is 1. The summed E-state index contributed by atoms with van der Waals surface area (Å²) >= 11 is 1.46. The van der Waals surface area contributed by atoms with Gasteiger partial charge in [-0.05, 0) is 13.0 Å². The van der Waals surface area contributed by atoms with E-state index in [-0.39, 0.29) is 6.42 Å². The van der Waals surface area contributed by atoms with Crippen LogP contribution >= 0.6 is 11.3 Å². The van der Waals surface area contributed by atoms with Crippen molar-refractivity contribution in [1.82, 2.24) is 19.2 Å². The summed E-state index contributed by atoms with van der Waals surface area (Å²) in [5, 5.41) is 14.2. The van der Waals surface area contributed by atoms with Gasteiger partial charge in [-0.3, -0.25) is 4.79 Å². The van der Waals surface area contributed by atoms with Crippen molar-refractivity contribution >= 4 is 22.3 Å². The van der Waals surface area contributed by atoms with Gasteiger partial charge in [0.05, 0.1) is 17.8 Å². The van der Waals surface area contributed by atoms with Gasteiger partial charge in [0, 0.05) is 25.0 Å². The van der Waals surface area contributed by atoms with E-state index >= 15 is 0 Å². The van der Waals surface area contributed by atoms with E-state index in [1.807, 2.05) is 37.0 Å². The van der Waals surface area contributed by atoms with Crippen molar-refractivity contribution in [1.29, 1.82) is 0 Å². The molecule has 0 saturated carbocycles. The average Bonchev–Trinajstić information content (AvgIpc) is 2.97. The van der Waals surface area contributed by atoms with Crippen molar-refractivity contribution in [3.8, 4) is 10.6 Å². The van der Waals surface area contributed by atoms with Gasteiger partial charge in [0.1, 0.15) is 5.01 Å². The van der Waals surface area contributed by atoms with Gasteiger partial charge < -0.3 is 9.67 Å². The number of imidazole rings is 1. The van der Waals surface area contributed by atoms with E-state index in [0.29, 0.717) is 5.69 Å². The summed E-state index contributed by atoms with van der Waals surface area (Å²) in [5.74, 6) is -0.876.